The van der Waals surface area contributed by atoms with E-state index in [-0.39, 0.29) is 6.54 Å². The molecule has 5 heteroatoms. The number of rotatable bonds is 6. The average Bonchev–Trinajstić information content (AvgIpc) is 2.90. The van der Waals surface area contributed by atoms with E-state index in [2.05, 4.69) is 36.4 Å². The topological polar surface area (TPSA) is 69.8 Å². The van der Waals surface area contributed by atoms with Gasteiger partial charge in [-0.15, -0.1) is 0 Å². The minimum Gasteiger partial charge on any atom is -0.466 e. The maximum absolute atomic E-state index is 10.4. The molecular weight excluding hydrogens is 254 g/mol. The molecule has 0 aliphatic heterocycles. The smallest absolute Gasteiger partial charge is 0.191 e. The first-order chi connectivity index (χ1) is 9.36. The molecule has 114 valence electrons. The standard InChI is InChI=1S/C15H27N3O2/c1-6-16-14(18-12(4)11(2)3)17-10-15(5,19)13-8-7-9-20-13/h7-9,11-12,19H,6,10H2,1-5H3,(H2,16,17,18). The van der Waals surface area contributed by atoms with Gasteiger partial charge in [-0.2, -0.15) is 0 Å². The van der Waals surface area contributed by atoms with E-state index in [1.807, 2.05) is 6.92 Å². The van der Waals surface area contributed by atoms with E-state index in [4.69, 9.17) is 4.42 Å². The molecule has 1 aromatic heterocycles. The summed E-state index contributed by atoms with van der Waals surface area (Å²) in [6.07, 6.45) is 1.55. The van der Waals surface area contributed by atoms with E-state index >= 15 is 0 Å². The van der Waals surface area contributed by atoms with Gasteiger partial charge < -0.3 is 20.2 Å². The summed E-state index contributed by atoms with van der Waals surface area (Å²) in [7, 11) is 0. The van der Waals surface area contributed by atoms with Crippen molar-refractivity contribution in [2.24, 2.45) is 10.9 Å². The molecule has 0 saturated heterocycles. The quantitative estimate of drug-likeness (QED) is 0.551. The lowest BCUT2D eigenvalue weighted by Gasteiger charge is -2.23. The van der Waals surface area contributed by atoms with E-state index in [9.17, 15) is 5.11 Å². The molecule has 1 rings (SSSR count). The zero-order valence-corrected chi connectivity index (χ0v) is 13.1. The number of furan rings is 1. The number of hydrogen-bond donors (Lipinski definition) is 3. The number of aliphatic hydroxyl groups is 1. The van der Waals surface area contributed by atoms with Crippen LogP contribution < -0.4 is 10.6 Å². The van der Waals surface area contributed by atoms with Gasteiger partial charge in [-0.05, 0) is 38.8 Å². The number of nitrogens with one attached hydrogen (secondary N) is 2. The van der Waals surface area contributed by atoms with Crippen LogP contribution in [0.5, 0.6) is 0 Å². The zero-order chi connectivity index (χ0) is 15.2. The average molecular weight is 281 g/mol. The van der Waals surface area contributed by atoms with Crippen molar-refractivity contribution in [3.63, 3.8) is 0 Å². The minimum atomic E-state index is -1.10. The molecular formula is C15H27N3O2. The highest BCUT2D eigenvalue weighted by Crippen LogP contribution is 2.21. The first kappa shape index (κ1) is 16.6. The first-order valence-corrected chi connectivity index (χ1v) is 7.18. The van der Waals surface area contributed by atoms with Gasteiger partial charge in [0.25, 0.3) is 0 Å². The van der Waals surface area contributed by atoms with Crippen LogP contribution in [0, 0.1) is 5.92 Å². The fourth-order valence-electron chi connectivity index (χ4n) is 1.60. The zero-order valence-electron chi connectivity index (χ0n) is 13.1. The Bertz CT molecular complexity index is 411. The molecule has 2 atom stereocenters. The highest BCUT2D eigenvalue weighted by atomic mass is 16.4. The second-order valence-electron chi connectivity index (χ2n) is 5.62. The maximum atomic E-state index is 10.4. The van der Waals surface area contributed by atoms with Crippen LogP contribution in [0.15, 0.2) is 27.8 Å². The molecule has 0 aliphatic carbocycles. The van der Waals surface area contributed by atoms with Gasteiger partial charge in [0, 0.05) is 12.6 Å². The third-order valence-corrected chi connectivity index (χ3v) is 3.31. The first-order valence-electron chi connectivity index (χ1n) is 7.18. The van der Waals surface area contributed by atoms with Crippen LogP contribution in [0.3, 0.4) is 0 Å². The van der Waals surface area contributed by atoms with E-state index < -0.39 is 5.60 Å². The van der Waals surface area contributed by atoms with Crippen molar-refractivity contribution in [1.29, 1.82) is 0 Å². The van der Waals surface area contributed by atoms with Gasteiger partial charge in [-0.3, -0.25) is 0 Å². The summed E-state index contributed by atoms with van der Waals surface area (Å²) in [4.78, 5) is 4.45. The number of guanidine groups is 1. The van der Waals surface area contributed by atoms with Crippen LogP contribution in [0.1, 0.15) is 40.4 Å². The Balaban J connectivity index is 2.71. The predicted octanol–water partition coefficient (Wildman–Crippen LogP) is 2.09. The van der Waals surface area contributed by atoms with E-state index in [1.54, 1.807) is 25.3 Å². The third kappa shape index (κ3) is 4.89. The monoisotopic (exact) mass is 281 g/mol. The summed E-state index contributed by atoms with van der Waals surface area (Å²) in [5.41, 5.74) is -1.10. The molecule has 20 heavy (non-hydrogen) atoms. The third-order valence-electron chi connectivity index (χ3n) is 3.31. The van der Waals surface area contributed by atoms with Crippen LogP contribution >= 0.6 is 0 Å². The Kier molecular flexibility index (Phi) is 6.07. The van der Waals surface area contributed by atoms with Crippen LogP contribution in [-0.4, -0.2) is 30.2 Å². The van der Waals surface area contributed by atoms with Gasteiger partial charge in [0.2, 0.25) is 0 Å². The van der Waals surface area contributed by atoms with Crippen molar-refractivity contribution in [2.45, 2.75) is 46.3 Å². The minimum absolute atomic E-state index is 0.237. The molecule has 5 nitrogen and oxygen atoms in total. The summed E-state index contributed by atoms with van der Waals surface area (Å²) in [5, 5.41) is 16.9. The van der Waals surface area contributed by atoms with Crippen LogP contribution in [0.2, 0.25) is 0 Å². The van der Waals surface area contributed by atoms with Gasteiger partial charge in [0.15, 0.2) is 5.96 Å². The molecule has 0 spiro atoms. The molecule has 2 unspecified atom stereocenters. The number of aliphatic imine (C=N–C) groups is 1. The molecule has 0 radical (unpaired) electrons. The Morgan fingerprint density at radius 3 is 2.65 bits per heavy atom. The lowest BCUT2D eigenvalue weighted by molar-refractivity contribution is 0.0436. The Labute approximate surface area is 121 Å². The SMILES string of the molecule is CCNC(=NCC(C)(O)c1ccco1)NC(C)C(C)C. The molecule has 1 heterocycles. The van der Waals surface area contributed by atoms with Gasteiger partial charge >= 0.3 is 0 Å². The molecule has 0 aliphatic rings. The highest BCUT2D eigenvalue weighted by Gasteiger charge is 2.26. The summed E-state index contributed by atoms with van der Waals surface area (Å²) >= 11 is 0. The van der Waals surface area contributed by atoms with Gasteiger partial charge in [0.1, 0.15) is 11.4 Å². The molecule has 0 amide bonds. The van der Waals surface area contributed by atoms with Gasteiger partial charge in [0.05, 0.1) is 12.8 Å². The molecule has 1 aromatic rings. The summed E-state index contributed by atoms with van der Waals surface area (Å²) in [6.45, 7) is 11.1. The highest BCUT2D eigenvalue weighted by molar-refractivity contribution is 5.80. The lowest BCUT2D eigenvalue weighted by Crippen LogP contribution is -2.45. The maximum Gasteiger partial charge on any atom is 0.191 e. The second-order valence-corrected chi connectivity index (χ2v) is 5.62. The molecule has 3 N–H and O–H groups in total. The molecule has 0 saturated carbocycles. The normalized spacial score (nSPS) is 16.9. The fourth-order valence-corrected chi connectivity index (χ4v) is 1.60. The van der Waals surface area contributed by atoms with Crippen molar-refractivity contribution >= 4 is 5.96 Å². The number of hydrogen-bond acceptors (Lipinski definition) is 3. The molecule has 0 aromatic carbocycles. The Morgan fingerprint density at radius 2 is 2.15 bits per heavy atom. The van der Waals surface area contributed by atoms with Crippen LogP contribution in [0.25, 0.3) is 0 Å². The largest absolute Gasteiger partial charge is 0.466 e. The van der Waals surface area contributed by atoms with E-state index in [1.165, 1.54) is 0 Å². The number of nitrogens with zero attached hydrogens (tertiary/aromatic N) is 1. The van der Waals surface area contributed by atoms with E-state index in [0.29, 0.717) is 23.7 Å². The Morgan fingerprint density at radius 1 is 1.45 bits per heavy atom. The molecule has 0 fully saturated rings. The van der Waals surface area contributed by atoms with Gasteiger partial charge in [-0.1, -0.05) is 13.8 Å². The fraction of sp³-hybridized carbons (Fsp3) is 0.667. The van der Waals surface area contributed by atoms with Crippen molar-refractivity contribution in [2.75, 3.05) is 13.1 Å². The molecule has 0 bridgehead atoms. The van der Waals surface area contributed by atoms with Crippen LogP contribution in [-0.2, 0) is 5.60 Å². The van der Waals surface area contributed by atoms with Crippen LogP contribution in [0.4, 0.5) is 0 Å². The second kappa shape index (κ2) is 7.33. The Hall–Kier alpha value is -1.49. The van der Waals surface area contributed by atoms with Crippen molar-refractivity contribution < 1.29 is 9.52 Å². The van der Waals surface area contributed by atoms with Crippen molar-refractivity contribution in [1.82, 2.24) is 10.6 Å². The van der Waals surface area contributed by atoms with Crippen molar-refractivity contribution in [3.05, 3.63) is 24.2 Å². The van der Waals surface area contributed by atoms with Gasteiger partial charge in [-0.25, -0.2) is 4.99 Å². The summed E-state index contributed by atoms with van der Waals surface area (Å²) in [5.74, 6) is 1.74. The lowest BCUT2D eigenvalue weighted by atomic mass is 10.0. The summed E-state index contributed by atoms with van der Waals surface area (Å²) in [6, 6.07) is 3.83. The van der Waals surface area contributed by atoms with Crippen molar-refractivity contribution in [3.8, 4) is 0 Å². The van der Waals surface area contributed by atoms with E-state index in [0.717, 1.165) is 6.54 Å². The summed E-state index contributed by atoms with van der Waals surface area (Å²) < 4.78 is 5.25. The predicted molar refractivity (Wildman–Crippen MR) is 81.7 cm³/mol.